The van der Waals surface area contributed by atoms with Crippen LogP contribution in [0.4, 0.5) is 29.6 Å². The summed E-state index contributed by atoms with van der Waals surface area (Å²) in [5, 5.41) is 14.9. The van der Waals surface area contributed by atoms with Gasteiger partial charge in [0.15, 0.2) is 5.69 Å². The molecule has 2 aromatic carbocycles. The smallest absolute Gasteiger partial charge is 0.310 e. The van der Waals surface area contributed by atoms with Gasteiger partial charge in [0.1, 0.15) is 28.3 Å². The number of hydrogen-bond donors (Lipinski definition) is 2. The van der Waals surface area contributed by atoms with E-state index < -0.39 is 48.0 Å². The van der Waals surface area contributed by atoms with Gasteiger partial charge in [0.2, 0.25) is 5.91 Å². The van der Waals surface area contributed by atoms with Crippen LogP contribution in [0, 0.1) is 17.1 Å². The zero-order chi connectivity index (χ0) is 26.7. The summed E-state index contributed by atoms with van der Waals surface area (Å²) in [6.45, 7) is -0.0883. The standard InChI is InChI=1S/C21H15Cl2F6N5OS/c22-14-7-13(36(25,26,27,28)29)8-15(23)18(14)34-19(32-10-11-2-1-3-12(24)6-11)17(16(9-30)33-34)21(4-5-21)20(31)35/h1-3,6-8,32H,4-5,10H2,(H2,31,35). The molecule has 0 radical (unpaired) electrons. The fraction of sp³-hybridized carbons (Fsp3) is 0.190. The predicted octanol–water partition coefficient (Wildman–Crippen LogP) is 6.98. The van der Waals surface area contributed by atoms with Crippen molar-refractivity contribution in [2.24, 2.45) is 5.73 Å². The summed E-state index contributed by atoms with van der Waals surface area (Å²) in [7, 11) is -10.1. The van der Waals surface area contributed by atoms with E-state index in [9.17, 15) is 33.9 Å². The fourth-order valence-electron chi connectivity index (χ4n) is 3.82. The molecule has 0 saturated heterocycles. The maximum Gasteiger partial charge on any atom is 0.310 e. The summed E-state index contributed by atoms with van der Waals surface area (Å²) < 4.78 is 81.3. The van der Waals surface area contributed by atoms with E-state index in [0.29, 0.717) is 5.56 Å². The molecule has 192 valence electrons. The molecule has 3 N–H and O–H groups in total. The predicted molar refractivity (Wildman–Crippen MR) is 124 cm³/mol. The highest BCUT2D eigenvalue weighted by atomic mass is 35.5. The maximum absolute atomic E-state index is 13.6. The summed E-state index contributed by atoms with van der Waals surface area (Å²) in [5.74, 6) is -1.41. The first-order valence-electron chi connectivity index (χ1n) is 10.0. The molecule has 1 aromatic heterocycles. The van der Waals surface area contributed by atoms with Gasteiger partial charge in [-0.05, 0) is 42.7 Å². The number of nitrogens with one attached hydrogen (secondary N) is 1. The Bertz CT molecular complexity index is 1440. The van der Waals surface area contributed by atoms with Crippen LogP contribution in [0.3, 0.4) is 0 Å². The molecule has 0 aliphatic heterocycles. The number of halogens is 8. The third-order valence-electron chi connectivity index (χ3n) is 5.69. The van der Waals surface area contributed by atoms with Crippen molar-refractivity contribution in [1.29, 1.82) is 5.26 Å². The van der Waals surface area contributed by atoms with Crippen LogP contribution in [-0.2, 0) is 16.8 Å². The summed E-state index contributed by atoms with van der Waals surface area (Å²) in [4.78, 5) is 9.96. The van der Waals surface area contributed by atoms with E-state index in [1.807, 2.05) is 0 Å². The highest BCUT2D eigenvalue weighted by Crippen LogP contribution is 3.02. The van der Waals surface area contributed by atoms with E-state index >= 15 is 0 Å². The third kappa shape index (κ3) is 4.68. The van der Waals surface area contributed by atoms with Crippen molar-refractivity contribution < 1.29 is 28.6 Å². The number of anilines is 1. The van der Waals surface area contributed by atoms with Crippen molar-refractivity contribution in [3.05, 3.63) is 69.1 Å². The number of carbonyl (C=O) groups is 1. The number of nitrogens with zero attached hydrogens (tertiary/aromatic N) is 3. The molecule has 1 aliphatic rings. The van der Waals surface area contributed by atoms with E-state index in [1.54, 1.807) is 12.1 Å². The van der Waals surface area contributed by atoms with Gasteiger partial charge in [-0.25, -0.2) is 9.07 Å². The Balaban J connectivity index is 1.94. The first-order chi connectivity index (χ1) is 16.5. The van der Waals surface area contributed by atoms with Gasteiger partial charge >= 0.3 is 10.2 Å². The van der Waals surface area contributed by atoms with Crippen LogP contribution in [0.25, 0.3) is 5.69 Å². The maximum atomic E-state index is 13.6. The lowest BCUT2D eigenvalue weighted by Gasteiger charge is -2.40. The van der Waals surface area contributed by atoms with E-state index in [0.717, 1.165) is 4.68 Å². The van der Waals surface area contributed by atoms with Crippen LogP contribution >= 0.6 is 33.4 Å². The van der Waals surface area contributed by atoms with Gasteiger partial charge in [-0.2, -0.15) is 10.4 Å². The number of nitriles is 1. The van der Waals surface area contributed by atoms with Gasteiger partial charge in [0.25, 0.3) is 0 Å². The van der Waals surface area contributed by atoms with Crippen LogP contribution in [0.2, 0.25) is 10.0 Å². The molecule has 6 nitrogen and oxygen atoms in total. The zero-order valence-electron chi connectivity index (χ0n) is 17.8. The Morgan fingerprint density at radius 1 is 1.17 bits per heavy atom. The van der Waals surface area contributed by atoms with Crippen LogP contribution in [0.5, 0.6) is 0 Å². The molecule has 36 heavy (non-hydrogen) atoms. The fourth-order valence-corrected chi connectivity index (χ4v) is 5.28. The second kappa shape index (κ2) is 7.71. The molecule has 15 heteroatoms. The number of hydrogen-bond acceptors (Lipinski definition) is 4. The molecule has 1 saturated carbocycles. The highest BCUT2D eigenvalue weighted by Gasteiger charge is 2.65. The van der Waals surface area contributed by atoms with Crippen molar-refractivity contribution in [2.45, 2.75) is 29.7 Å². The normalized spacial score (nSPS) is 16.5. The largest absolute Gasteiger partial charge is 0.369 e. The van der Waals surface area contributed by atoms with Crippen LogP contribution in [0.15, 0.2) is 41.3 Å². The Labute approximate surface area is 210 Å². The minimum Gasteiger partial charge on any atom is -0.369 e. The van der Waals surface area contributed by atoms with Gasteiger partial charge < -0.3 is 11.1 Å². The second-order valence-corrected chi connectivity index (χ2v) is 11.5. The Morgan fingerprint density at radius 3 is 2.25 bits per heavy atom. The number of carbonyl (C=O) groups excluding carboxylic acids is 1. The molecule has 0 unspecified atom stereocenters. The molecular formula is C21H15Cl2F6N5OS. The first kappa shape index (κ1) is 26.0. The molecule has 4 rings (SSSR count). The Morgan fingerprint density at radius 2 is 1.78 bits per heavy atom. The van der Waals surface area contributed by atoms with Gasteiger partial charge in [0.05, 0.1) is 15.5 Å². The average Bonchev–Trinajstić information content (AvgIpc) is 3.47. The molecule has 1 fully saturated rings. The SMILES string of the molecule is N#Cc1nn(-c2c(Cl)cc(S(F)(F)(F)(F)F)cc2Cl)c(NCc2cccc(F)c2)c1C1(C(N)=O)CC1. The summed E-state index contributed by atoms with van der Waals surface area (Å²) >= 11 is 12.0. The molecule has 0 spiro atoms. The molecule has 0 bridgehead atoms. The number of aromatic nitrogens is 2. The number of rotatable bonds is 7. The third-order valence-corrected chi connectivity index (χ3v) is 7.39. The zero-order valence-corrected chi connectivity index (χ0v) is 20.2. The Kier molecular flexibility index (Phi) is 5.57. The highest BCUT2D eigenvalue weighted by molar-refractivity contribution is 8.45. The quantitative estimate of drug-likeness (QED) is 0.300. The van der Waals surface area contributed by atoms with Crippen molar-refractivity contribution in [2.75, 3.05) is 5.32 Å². The lowest BCUT2D eigenvalue weighted by molar-refractivity contribution is -0.120. The van der Waals surface area contributed by atoms with Gasteiger partial charge in [-0.3, -0.25) is 4.79 Å². The Hall–Kier alpha value is -3.08. The second-order valence-electron chi connectivity index (χ2n) is 8.23. The number of amides is 1. The monoisotopic (exact) mass is 569 g/mol. The summed E-state index contributed by atoms with van der Waals surface area (Å²) in [5.41, 5.74) is 3.96. The van der Waals surface area contributed by atoms with E-state index in [2.05, 4.69) is 10.4 Å². The lowest BCUT2D eigenvalue weighted by Crippen LogP contribution is -2.29. The van der Waals surface area contributed by atoms with Gasteiger partial charge in [0, 0.05) is 12.1 Å². The van der Waals surface area contributed by atoms with Crippen LogP contribution in [0.1, 0.15) is 29.7 Å². The number of nitrogens with two attached hydrogens (primary N) is 1. The molecule has 0 atom stereocenters. The topological polar surface area (TPSA) is 96.7 Å². The average molecular weight is 570 g/mol. The van der Waals surface area contributed by atoms with Crippen molar-refractivity contribution in [3.8, 4) is 11.8 Å². The molecular weight excluding hydrogens is 555 g/mol. The van der Waals surface area contributed by atoms with Crippen LogP contribution in [-0.4, -0.2) is 15.7 Å². The van der Waals surface area contributed by atoms with Crippen LogP contribution < -0.4 is 11.1 Å². The van der Waals surface area contributed by atoms with Crippen molar-refractivity contribution >= 4 is 45.2 Å². The van der Waals surface area contributed by atoms with Gasteiger partial charge in [-0.1, -0.05) is 54.8 Å². The van der Waals surface area contributed by atoms with E-state index in [4.69, 9.17) is 28.9 Å². The number of benzene rings is 2. The number of primary amides is 1. The van der Waals surface area contributed by atoms with E-state index in [-0.39, 0.29) is 48.6 Å². The molecule has 3 aromatic rings. The molecule has 1 amide bonds. The van der Waals surface area contributed by atoms with Crippen molar-refractivity contribution in [1.82, 2.24) is 9.78 Å². The summed E-state index contributed by atoms with van der Waals surface area (Å²) in [6.07, 6.45) is 0.504. The minimum atomic E-state index is -10.1. The lowest BCUT2D eigenvalue weighted by atomic mass is 9.94. The van der Waals surface area contributed by atoms with Crippen molar-refractivity contribution in [3.63, 3.8) is 0 Å². The molecule has 1 aliphatic carbocycles. The minimum absolute atomic E-state index is 0.00898. The van der Waals surface area contributed by atoms with E-state index in [1.165, 1.54) is 18.2 Å². The summed E-state index contributed by atoms with van der Waals surface area (Å²) in [6, 6.07) is 7.22. The first-order valence-corrected chi connectivity index (χ1v) is 12.7. The molecule has 1 heterocycles. The van der Waals surface area contributed by atoms with Gasteiger partial charge in [-0.15, -0.1) is 0 Å².